The average molecular weight is 372 g/mol. The summed E-state index contributed by atoms with van der Waals surface area (Å²) in [6, 6.07) is 3.96. The van der Waals surface area contributed by atoms with E-state index in [1.165, 1.54) is 31.5 Å². The molecule has 1 fully saturated rings. The smallest absolute Gasteiger partial charge is 0.154 e. The van der Waals surface area contributed by atoms with Gasteiger partial charge in [-0.15, -0.1) is 5.10 Å². The van der Waals surface area contributed by atoms with Crippen molar-refractivity contribution in [1.82, 2.24) is 19.5 Å². The van der Waals surface area contributed by atoms with Gasteiger partial charge in [0.2, 0.25) is 0 Å². The lowest BCUT2D eigenvalue weighted by Crippen LogP contribution is -2.22. The Morgan fingerprint density at radius 1 is 1.31 bits per heavy atom. The van der Waals surface area contributed by atoms with Crippen molar-refractivity contribution < 1.29 is 0 Å². The molecule has 0 spiro atoms. The summed E-state index contributed by atoms with van der Waals surface area (Å²) in [5, 5.41) is 8.13. The van der Waals surface area contributed by atoms with E-state index in [4.69, 9.17) is 16.7 Å². The summed E-state index contributed by atoms with van der Waals surface area (Å²) in [6.45, 7) is 6.55. The molecule has 0 amide bonds. The first-order valence-electron chi connectivity index (χ1n) is 9.23. The quantitative estimate of drug-likeness (QED) is 0.553. The van der Waals surface area contributed by atoms with Gasteiger partial charge in [-0.3, -0.25) is 0 Å². The van der Waals surface area contributed by atoms with Gasteiger partial charge in [0, 0.05) is 17.7 Å². The minimum Gasteiger partial charge on any atom is -0.369 e. The van der Waals surface area contributed by atoms with Crippen LogP contribution >= 0.6 is 11.6 Å². The summed E-state index contributed by atoms with van der Waals surface area (Å²) < 4.78 is 1.86. The number of nitrogens with zero attached hydrogens (tertiary/aromatic N) is 4. The summed E-state index contributed by atoms with van der Waals surface area (Å²) in [5.74, 6) is 0.860. The predicted octanol–water partition coefficient (Wildman–Crippen LogP) is 4.34. The third kappa shape index (κ3) is 4.74. The highest BCUT2D eigenvalue weighted by Crippen LogP contribution is 2.19. The predicted molar refractivity (Wildman–Crippen MR) is 110 cm³/mol. The fraction of sp³-hybridized carbons (Fsp3) is 0.400. The maximum absolute atomic E-state index is 5.80. The Morgan fingerprint density at radius 3 is 2.92 bits per heavy atom. The van der Waals surface area contributed by atoms with Crippen molar-refractivity contribution in [3.8, 4) is 0 Å². The Labute approximate surface area is 160 Å². The van der Waals surface area contributed by atoms with Crippen LogP contribution in [0.4, 0.5) is 5.82 Å². The number of hydrogen-bond donors (Lipinski definition) is 1. The lowest BCUT2D eigenvalue weighted by atomic mass is 10.2. The largest absolute Gasteiger partial charge is 0.369 e. The van der Waals surface area contributed by atoms with Crippen LogP contribution in [0.2, 0.25) is 0 Å². The molecule has 5 nitrogen and oxygen atoms in total. The van der Waals surface area contributed by atoms with Crippen molar-refractivity contribution in [2.45, 2.75) is 26.2 Å². The van der Waals surface area contributed by atoms with Crippen LogP contribution in [-0.2, 0) is 0 Å². The number of hydrogen-bond acceptors (Lipinski definition) is 4. The molecule has 0 atom stereocenters. The number of halogens is 1. The van der Waals surface area contributed by atoms with Crippen molar-refractivity contribution in [2.75, 3.05) is 31.5 Å². The molecule has 0 saturated carbocycles. The number of likely N-dealkylation sites (tertiary alicyclic amines) is 1. The van der Waals surface area contributed by atoms with E-state index in [0.29, 0.717) is 0 Å². The number of aromatic nitrogens is 3. The monoisotopic (exact) mass is 371 g/mol. The Bertz CT molecular complexity index is 800. The summed E-state index contributed by atoms with van der Waals surface area (Å²) in [7, 11) is 0. The van der Waals surface area contributed by atoms with E-state index in [9.17, 15) is 0 Å². The molecule has 0 aromatic carbocycles. The third-order valence-corrected chi connectivity index (χ3v) is 4.65. The fourth-order valence-corrected chi connectivity index (χ4v) is 3.32. The summed E-state index contributed by atoms with van der Waals surface area (Å²) in [6.07, 6.45) is 13.4. The molecule has 0 aliphatic carbocycles. The zero-order valence-electron chi connectivity index (χ0n) is 15.2. The summed E-state index contributed by atoms with van der Waals surface area (Å²) >= 11 is 5.80. The van der Waals surface area contributed by atoms with Gasteiger partial charge in [-0.05, 0) is 64.0 Å². The Balaban J connectivity index is 1.70. The molecule has 1 N–H and O–H groups in total. The van der Waals surface area contributed by atoms with Gasteiger partial charge in [-0.1, -0.05) is 29.8 Å². The number of nitrogens with one attached hydrogen (secondary N) is 1. The topological polar surface area (TPSA) is 45.5 Å². The van der Waals surface area contributed by atoms with Crippen LogP contribution in [0.15, 0.2) is 48.2 Å². The first kappa shape index (κ1) is 18.7. The number of allylic oxidation sites excluding steroid dienone is 5. The molecule has 3 heterocycles. The van der Waals surface area contributed by atoms with Crippen molar-refractivity contribution >= 4 is 28.6 Å². The van der Waals surface area contributed by atoms with Crippen LogP contribution in [-0.4, -0.2) is 45.7 Å². The second-order valence-corrected chi connectivity index (χ2v) is 6.65. The lowest BCUT2D eigenvalue weighted by molar-refractivity contribution is 0.337. The second-order valence-electron chi connectivity index (χ2n) is 6.40. The minimum absolute atomic E-state index is 0.817. The molecule has 26 heavy (non-hydrogen) atoms. The van der Waals surface area contributed by atoms with Crippen LogP contribution in [0, 0.1) is 0 Å². The SMILES string of the molecule is C\C=C/C=C(\C=C\Cl)c1cnc2ccc(NCCCN3CCCC3)nn12. The van der Waals surface area contributed by atoms with Gasteiger partial charge in [-0.25, -0.2) is 9.50 Å². The molecule has 1 aliphatic heterocycles. The van der Waals surface area contributed by atoms with Crippen LogP contribution in [0.3, 0.4) is 0 Å². The van der Waals surface area contributed by atoms with Crippen molar-refractivity contribution in [3.05, 3.63) is 53.9 Å². The van der Waals surface area contributed by atoms with Crippen LogP contribution in [0.5, 0.6) is 0 Å². The fourth-order valence-electron chi connectivity index (χ4n) is 3.18. The van der Waals surface area contributed by atoms with E-state index in [2.05, 4.69) is 15.2 Å². The molecule has 0 unspecified atom stereocenters. The van der Waals surface area contributed by atoms with Gasteiger partial charge in [0.25, 0.3) is 0 Å². The van der Waals surface area contributed by atoms with E-state index in [1.807, 2.05) is 54.1 Å². The summed E-state index contributed by atoms with van der Waals surface area (Å²) in [5.41, 5.74) is 4.20. The van der Waals surface area contributed by atoms with Crippen LogP contribution in [0.1, 0.15) is 31.9 Å². The molecule has 138 valence electrons. The average Bonchev–Trinajstić information content (AvgIpc) is 3.32. The molecule has 6 heteroatoms. The first-order chi connectivity index (χ1) is 12.8. The van der Waals surface area contributed by atoms with Gasteiger partial charge in [0.05, 0.1) is 11.9 Å². The normalized spacial score (nSPS) is 16.5. The number of anilines is 1. The highest BCUT2D eigenvalue weighted by molar-refractivity contribution is 6.26. The molecular formula is C20H26ClN5. The van der Waals surface area contributed by atoms with Gasteiger partial charge < -0.3 is 10.2 Å². The Hall–Kier alpha value is -2.11. The Kier molecular flexibility index (Phi) is 6.86. The molecular weight excluding hydrogens is 346 g/mol. The van der Waals surface area contributed by atoms with E-state index >= 15 is 0 Å². The third-order valence-electron chi connectivity index (χ3n) is 4.52. The van der Waals surface area contributed by atoms with Gasteiger partial charge in [-0.2, -0.15) is 0 Å². The zero-order chi connectivity index (χ0) is 18.2. The standard InChI is InChI=1S/C20H26ClN5/c1-2-3-7-17(10-11-21)18-16-23-20-9-8-19(24-26(18)20)22-12-6-15-25-13-4-5-14-25/h2-3,7-11,16H,4-6,12-15H2,1H3,(H,22,24)/b3-2-,11-10+,17-7+. The molecule has 1 saturated heterocycles. The van der Waals surface area contributed by atoms with Crippen LogP contribution in [0.25, 0.3) is 11.2 Å². The van der Waals surface area contributed by atoms with Crippen molar-refractivity contribution in [3.63, 3.8) is 0 Å². The number of imidazole rings is 1. The van der Waals surface area contributed by atoms with E-state index < -0.39 is 0 Å². The first-order valence-corrected chi connectivity index (χ1v) is 9.66. The highest BCUT2D eigenvalue weighted by atomic mass is 35.5. The van der Waals surface area contributed by atoms with E-state index in [0.717, 1.165) is 42.2 Å². The number of fused-ring (bicyclic) bond motifs is 1. The van der Waals surface area contributed by atoms with Gasteiger partial charge in [0.15, 0.2) is 5.65 Å². The zero-order valence-corrected chi connectivity index (χ0v) is 16.0. The molecule has 1 aliphatic rings. The lowest BCUT2D eigenvalue weighted by Gasteiger charge is -2.14. The van der Waals surface area contributed by atoms with Gasteiger partial charge >= 0.3 is 0 Å². The Morgan fingerprint density at radius 2 is 2.15 bits per heavy atom. The van der Waals surface area contributed by atoms with Crippen molar-refractivity contribution in [1.29, 1.82) is 0 Å². The number of rotatable bonds is 8. The molecule has 3 rings (SSSR count). The maximum atomic E-state index is 5.80. The van der Waals surface area contributed by atoms with Crippen LogP contribution < -0.4 is 5.32 Å². The highest BCUT2D eigenvalue weighted by Gasteiger charge is 2.11. The summed E-state index contributed by atoms with van der Waals surface area (Å²) in [4.78, 5) is 6.97. The van der Waals surface area contributed by atoms with Gasteiger partial charge in [0.1, 0.15) is 5.82 Å². The molecule has 2 aromatic heterocycles. The molecule has 2 aromatic rings. The van der Waals surface area contributed by atoms with E-state index in [-0.39, 0.29) is 0 Å². The molecule has 0 radical (unpaired) electrons. The second kappa shape index (κ2) is 9.55. The molecule has 0 bridgehead atoms. The van der Waals surface area contributed by atoms with E-state index in [1.54, 1.807) is 0 Å². The minimum atomic E-state index is 0.817. The van der Waals surface area contributed by atoms with Crippen molar-refractivity contribution in [2.24, 2.45) is 0 Å². The maximum Gasteiger partial charge on any atom is 0.154 e.